The molecular weight excluding hydrogens is 985 g/mol. The van der Waals surface area contributed by atoms with Gasteiger partial charge >= 0.3 is 13.4 Å². The summed E-state index contributed by atoms with van der Waals surface area (Å²) in [7, 11) is 2.72. The number of carbonyl (C=O) groups is 1. The molecule has 366 valence electrons. The fourth-order valence-corrected chi connectivity index (χ4v) is 11.0. The van der Waals surface area contributed by atoms with Crippen LogP contribution >= 0.6 is 13.4 Å². The van der Waals surface area contributed by atoms with Crippen molar-refractivity contribution in [3.8, 4) is 0 Å². The highest BCUT2D eigenvalue weighted by Crippen LogP contribution is 2.54. The Bertz CT molecular complexity index is 2890. The van der Waals surface area contributed by atoms with Crippen molar-refractivity contribution >= 4 is 94.5 Å². The van der Waals surface area contributed by atoms with Crippen LogP contribution in [0.25, 0.3) is 33.5 Å². The number of fused-ring (bicyclic) bond motifs is 3. The number of hydrogen-bond acceptors (Lipinski definition) is 27. The van der Waals surface area contributed by atoms with Crippen molar-refractivity contribution in [2.45, 2.75) is 80.0 Å². The van der Waals surface area contributed by atoms with Crippen molar-refractivity contribution in [1.82, 2.24) is 58.6 Å². The van der Waals surface area contributed by atoms with Crippen molar-refractivity contribution in [2.75, 3.05) is 51.2 Å². The van der Waals surface area contributed by atoms with Crippen LogP contribution in [0.1, 0.15) is 25.1 Å². The minimum Gasteiger partial charge on any atom is -0.468 e. The van der Waals surface area contributed by atoms with E-state index in [0.717, 1.165) is 0 Å². The molecule has 0 spiro atoms. The number of aliphatic hydroxyl groups is 2. The summed E-state index contributed by atoms with van der Waals surface area (Å²) < 4.78 is 63.6. The Morgan fingerprint density at radius 1 is 0.618 bits per heavy atom. The lowest BCUT2D eigenvalue weighted by Crippen LogP contribution is -2.38. The van der Waals surface area contributed by atoms with Crippen LogP contribution in [0.3, 0.4) is 0 Å². The average Bonchev–Trinajstić information content (AvgIpc) is 4.17. The van der Waals surface area contributed by atoms with Gasteiger partial charge in [0.1, 0.15) is 84.4 Å². The number of anilines is 3. The minimum absolute atomic E-state index is 0.0350. The van der Waals surface area contributed by atoms with Gasteiger partial charge in [-0.15, -0.1) is 0 Å². The van der Waals surface area contributed by atoms with E-state index in [0.29, 0.717) is 6.47 Å². The van der Waals surface area contributed by atoms with Gasteiger partial charge in [-0.3, -0.25) is 27.5 Å². The van der Waals surface area contributed by atoms with E-state index in [4.69, 9.17) is 87.3 Å². The number of nitrogens with two attached hydrogens (primary N) is 3. The van der Waals surface area contributed by atoms with E-state index in [2.05, 4.69) is 44.9 Å². The highest BCUT2D eigenvalue weighted by molar-refractivity contribution is 8.07. The van der Waals surface area contributed by atoms with E-state index in [1.165, 1.54) is 65.9 Å². The van der Waals surface area contributed by atoms with Crippen molar-refractivity contribution < 1.29 is 71.3 Å². The molecule has 0 aliphatic carbocycles. The Morgan fingerprint density at radius 2 is 1.03 bits per heavy atom. The predicted molar refractivity (Wildman–Crippen MR) is 236 cm³/mol. The minimum atomic E-state index is -4.36. The standard InChI is InChI=1S/C34H43N15O15P2S2/c1-55-22-14(3-4-57-13-50)60-33(48-11-45-18-27(36)39-8-42-30(18)48)24(22)63-66(54,68)59-6-16-23(56-2)25(34(62-16)49-12-46-19-28(37)40-9-43-31(19)49)64-65(53,67)58-5-15-20(51)21(52)32(61-15)47-10-44-17-26(35)38-7-41-29(17)47/h7-16,20-25,32-34,51-52H,3-6H2,1-2H3,(H,53,67)(H,54,68)(H2,35,38,41)(H2,36,39,42)(H2,37,40,43)/t14-,15-,16-,20-,21-,22-,23-,24-,25-,32-,33-,34-,65-,66-/m1/s1. The molecule has 34 heteroatoms. The largest absolute Gasteiger partial charge is 0.468 e. The topological polar surface area (TPSA) is 399 Å². The molecule has 3 aliphatic heterocycles. The molecule has 0 radical (unpaired) electrons. The average molecular weight is 1030 g/mol. The third-order valence-corrected chi connectivity index (χ3v) is 14.5. The molecule has 3 fully saturated rings. The van der Waals surface area contributed by atoms with Gasteiger partial charge in [-0.25, -0.2) is 44.9 Å². The zero-order valence-electron chi connectivity index (χ0n) is 35.4. The summed E-state index contributed by atoms with van der Waals surface area (Å²) in [5.41, 5.74) is 19.5. The highest BCUT2D eigenvalue weighted by atomic mass is 32.5. The monoisotopic (exact) mass is 1030 g/mol. The van der Waals surface area contributed by atoms with Crippen molar-refractivity contribution in [1.29, 1.82) is 0 Å². The second kappa shape index (κ2) is 19.6. The number of hydrogen-bond donors (Lipinski definition) is 7. The molecule has 9 rings (SSSR count). The summed E-state index contributed by atoms with van der Waals surface area (Å²) in [6.45, 7) is -9.48. The van der Waals surface area contributed by atoms with Crippen molar-refractivity contribution in [3.05, 3.63) is 38.0 Å². The molecule has 68 heavy (non-hydrogen) atoms. The van der Waals surface area contributed by atoms with Crippen LogP contribution in [0, 0.1) is 0 Å². The Morgan fingerprint density at radius 3 is 1.49 bits per heavy atom. The van der Waals surface area contributed by atoms with Gasteiger partial charge in [-0.05, 0) is 23.6 Å². The molecule has 9 heterocycles. The third kappa shape index (κ3) is 9.24. The number of nitrogen functional groups attached to an aromatic ring is 3. The number of methoxy groups -OCH3 is 2. The third-order valence-electron chi connectivity index (χ3n) is 11.3. The van der Waals surface area contributed by atoms with Crippen LogP contribution in [0.15, 0.2) is 38.0 Å². The smallest absolute Gasteiger partial charge is 0.325 e. The zero-order valence-corrected chi connectivity index (χ0v) is 38.8. The van der Waals surface area contributed by atoms with Crippen LogP contribution in [0.5, 0.6) is 0 Å². The van der Waals surface area contributed by atoms with Crippen molar-refractivity contribution in [3.63, 3.8) is 0 Å². The van der Waals surface area contributed by atoms with E-state index >= 15 is 0 Å². The van der Waals surface area contributed by atoms with E-state index < -0.39 is 100 Å². The SMILES string of the molecule is CO[C@H]1[C@@H](O[P@](O)(=S)OC[C@H]2O[C@@H](n3cnc4c(N)ncnc43)[C@H](O[P@](O)(=S)OC[C@H]3O[C@@H](n4cnc5c(N)ncnc54)[C@H](O)[C@@H]3O)[C@@H]2OC)[C@H](n2cnc3c(N)ncnc32)O[C@@H]1CCOC=O. The number of rotatable bonds is 19. The second-order valence-electron chi connectivity index (χ2n) is 15.3. The lowest BCUT2D eigenvalue weighted by atomic mass is 10.1. The Kier molecular flexibility index (Phi) is 13.9. The maximum atomic E-state index is 11.7. The summed E-state index contributed by atoms with van der Waals surface area (Å²) in [5, 5.41) is 22.0. The summed E-state index contributed by atoms with van der Waals surface area (Å²) >= 11 is 11.0. The zero-order chi connectivity index (χ0) is 48.1. The van der Waals surface area contributed by atoms with E-state index in [-0.39, 0.29) is 64.0 Å². The molecule has 10 N–H and O–H groups in total. The van der Waals surface area contributed by atoms with Gasteiger partial charge in [0.25, 0.3) is 6.47 Å². The lowest BCUT2D eigenvalue weighted by Gasteiger charge is -2.29. The van der Waals surface area contributed by atoms with Crippen LogP contribution in [0.4, 0.5) is 17.5 Å². The normalized spacial score (nSPS) is 30.3. The van der Waals surface area contributed by atoms with Crippen LogP contribution in [0.2, 0.25) is 0 Å². The molecule has 0 unspecified atom stereocenters. The molecule has 6 aromatic heterocycles. The van der Waals surface area contributed by atoms with Crippen molar-refractivity contribution in [2.24, 2.45) is 0 Å². The van der Waals surface area contributed by atoms with Gasteiger partial charge in [0.05, 0.1) is 44.9 Å². The Balaban J connectivity index is 0.936. The molecular formula is C34H43N15O15P2S2. The van der Waals surface area contributed by atoms with Gasteiger partial charge in [-0.1, -0.05) is 0 Å². The summed E-state index contributed by atoms with van der Waals surface area (Å²) in [4.78, 5) is 71.8. The molecule has 30 nitrogen and oxygen atoms in total. The van der Waals surface area contributed by atoms with E-state index in [9.17, 15) is 24.8 Å². The quantitative estimate of drug-likeness (QED) is 0.0276. The fraction of sp³-hybridized carbons (Fsp3) is 0.529. The lowest BCUT2D eigenvalue weighted by molar-refractivity contribution is -0.130. The molecule has 6 aromatic rings. The van der Waals surface area contributed by atoms with Gasteiger partial charge in [-0.2, -0.15) is 0 Å². The van der Waals surface area contributed by atoms with E-state index in [1.54, 1.807) is 0 Å². The molecule has 0 saturated carbocycles. The number of aromatic nitrogens is 12. The maximum Gasteiger partial charge on any atom is 0.325 e. The molecule has 0 aromatic carbocycles. The summed E-state index contributed by atoms with van der Waals surface area (Å²) in [6.07, 6.45) is -6.45. The number of imidazole rings is 3. The van der Waals surface area contributed by atoms with Gasteiger partial charge < -0.3 is 74.7 Å². The molecule has 0 amide bonds. The highest BCUT2D eigenvalue weighted by Gasteiger charge is 2.53. The predicted octanol–water partition coefficient (Wildman–Crippen LogP) is -1.50. The number of aliphatic hydroxyl groups excluding tert-OH is 2. The fourth-order valence-electron chi connectivity index (χ4n) is 8.23. The molecule has 0 bridgehead atoms. The van der Waals surface area contributed by atoms with Crippen LogP contribution in [-0.4, -0.2) is 174 Å². The van der Waals surface area contributed by atoms with Gasteiger partial charge in [0, 0.05) is 20.6 Å². The molecule has 14 atom stereocenters. The Hall–Kier alpha value is -4.70. The first kappa shape index (κ1) is 48.3. The van der Waals surface area contributed by atoms with E-state index in [1.807, 2.05) is 0 Å². The summed E-state index contributed by atoms with van der Waals surface area (Å²) in [6, 6.07) is 0. The number of nitrogens with zero attached hydrogens (tertiary/aromatic N) is 12. The molecule has 3 saturated heterocycles. The first-order valence-electron chi connectivity index (χ1n) is 20.2. The molecule has 3 aliphatic rings. The Labute approximate surface area is 392 Å². The maximum absolute atomic E-state index is 11.7. The number of ether oxygens (including phenoxy) is 6. The van der Waals surface area contributed by atoms with Gasteiger partial charge in [0.15, 0.2) is 53.1 Å². The summed E-state index contributed by atoms with van der Waals surface area (Å²) in [5.74, 6) is 0.249. The van der Waals surface area contributed by atoms with Gasteiger partial charge in [0.2, 0.25) is 0 Å². The van der Waals surface area contributed by atoms with Crippen LogP contribution in [-0.2, 0) is 74.9 Å². The first-order valence-corrected chi connectivity index (χ1v) is 25.4. The van der Waals surface area contributed by atoms with Crippen LogP contribution < -0.4 is 17.2 Å². The number of carbonyl (C=O) groups excluding carboxylic acids is 1. The first-order chi connectivity index (χ1) is 32.6. The second-order valence-corrected chi connectivity index (χ2v) is 20.8.